The van der Waals surface area contributed by atoms with Crippen LogP contribution in [0, 0.1) is 0 Å². The molecule has 1 aromatic rings. The number of aromatic nitrogens is 2. The highest BCUT2D eigenvalue weighted by molar-refractivity contribution is 7.91. The van der Waals surface area contributed by atoms with Gasteiger partial charge in [0.1, 0.15) is 0 Å². The van der Waals surface area contributed by atoms with E-state index in [1.807, 2.05) is 6.07 Å². The Morgan fingerprint density at radius 2 is 2.17 bits per heavy atom. The average molecular weight is 273 g/mol. The van der Waals surface area contributed by atoms with Crippen LogP contribution in [0.2, 0.25) is 0 Å². The van der Waals surface area contributed by atoms with Crippen LogP contribution in [0.5, 0.6) is 0 Å². The molecule has 0 bridgehead atoms. The van der Waals surface area contributed by atoms with Gasteiger partial charge in [-0.3, -0.25) is 4.68 Å². The number of nitrogens with zero attached hydrogens (tertiary/aromatic N) is 2. The standard InChI is InChI=1S/C12H23N3O2S/c1-4-6-13-10-12-5-7-14-15(12)8-9-18(16,17)11(2)3/h5,7,11,13H,4,6,8-10H2,1-3H3. The number of hydrogen-bond acceptors (Lipinski definition) is 4. The third-order valence-electron chi connectivity index (χ3n) is 2.84. The van der Waals surface area contributed by atoms with E-state index in [1.165, 1.54) is 0 Å². The van der Waals surface area contributed by atoms with Crippen LogP contribution in [0.25, 0.3) is 0 Å². The first-order chi connectivity index (χ1) is 8.47. The highest BCUT2D eigenvalue weighted by Crippen LogP contribution is 2.04. The second kappa shape index (κ2) is 6.89. The monoisotopic (exact) mass is 273 g/mol. The van der Waals surface area contributed by atoms with Crippen molar-refractivity contribution in [1.29, 1.82) is 0 Å². The summed E-state index contributed by atoms with van der Waals surface area (Å²) in [4.78, 5) is 0. The van der Waals surface area contributed by atoms with Crippen LogP contribution in [-0.2, 0) is 22.9 Å². The smallest absolute Gasteiger partial charge is 0.154 e. The lowest BCUT2D eigenvalue weighted by atomic mass is 10.4. The van der Waals surface area contributed by atoms with Crippen molar-refractivity contribution in [3.63, 3.8) is 0 Å². The summed E-state index contributed by atoms with van der Waals surface area (Å²) in [5.74, 6) is 0.146. The summed E-state index contributed by atoms with van der Waals surface area (Å²) in [6, 6.07) is 1.92. The Labute approximate surface area is 109 Å². The van der Waals surface area contributed by atoms with Crippen molar-refractivity contribution < 1.29 is 8.42 Å². The molecular formula is C12H23N3O2S. The Hall–Kier alpha value is -0.880. The van der Waals surface area contributed by atoms with Gasteiger partial charge in [-0.05, 0) is 32.9 Å². The summed E-state index contributed by atoms with van der Waals surface area (Å²) in [7, 11) is -3.00. The fourth-order valence-corrected chi connectivity index (χ4v) is 2.45. The van der Waals surface area contributed by atoms with Gasteiger partial charge in [0.05, 0.1) is 23.2 Å². The SMILES string of the molecule is CCCNCc1ccnn1CCS(=O)(=O)C(C)C. The van der Waals surface area contributed by atoms with E-state index >= 15 is 0 Å². The fourth-order valence-electron chi connectivity index (χ4n) is 1.55. The third-order valence-corrected chi connectivity index (χ3v) is 5.03. The maximum atomic E-state index is 11.7. The van der Waals surface area contributed by atoms with Gasteiger partial charge in [0.25, 0.3) is 0 Å². The Morgan fingerprint density at radius 1 is 1.44 bits per heavy atom. The minimum atomic E-state index is -3.00. The summed E-state index contributed by atoms with van der Waals surface area (Å²) >= 11 is 0. The molecule has 6 heteroatoms. The molecule has 104 valence electrons. The molecule has 0 aliphatic rings. The third kappa shape index (κ3) is 4.42. The van der Waals surface area contributed by atoms with Crippen LogP contribution in [0.4, 0.5) is 0 Å². The summed E-state index contributed by atoms with van der Waals surface area (Å²) in [5, 5.41) is 7.13. The molecule has 0 aliphatic heterocycles. The van der Waals surface area contributed by atoms with Crippen molar-refractivity contribution in [1.82, 2.24) is 15.1 Å². The second-order valence-corrected chi connectivity index (χ2v) is 7.31. The molecule has 5 nitrogen and oxygen atoms in total. The predicted molar refractivity (Wildman–Crippen MR) is 73.1 cm³/mol. The molecule has 1 heterocycles. The first-order valence-electron chi connectivity index (χ1n) is 6.40. The molecule has 1 rings (SSSR count). The first kappa shape index (κ1) is 15.2. The molecule has 0 unspecified atom stereocenters. The molecule has 0 saturated heterocycles. The highest BCUT2D eigenvalue weighted by Gasteiger charge is 2.16. The second-order valence-electron chi connectivity index (χ2n) is 4.64. The van der Waals surface area contributed by atoms with Gasteiger partial charge in [-0.25, -0.2) is 8.42 Å². The minimum Gasteiger partial charge on any atom is -0.311 e. The van der Waals surface area contributed by atoms with Gasteiger partial charge in [0, 0.05) is 12.7 Å². The molecule has 1 aromatic heterocycles. The number of hydrogen-bond donors (Lipinski definition) is 1. The largest absolute Gasteiger partial charge is 0.311 e. The average Bonchev–Trinajstić information content (AvgIpc) is 2.74. The highest BCUT2D eigenvalue weighted by atomic mass is 32.2. The predicted octanol–water partition coefficient (Wildman–Crippen LogP) is 1.21. The van der Waals surface area contributed by atoms with E-state index in [4.69, 9.17) is 0 Å². The van der Waals surface area contributed by atoms with Gasteiger partial charge >= 0.3 is 0 Å². The van der Waals surface area contributed by atoms with Crippen molar-refractivity contribution in [2.75, 3.05) is 12.3 Å². The molecular weight excluding hydrogens is 250 g/mol. The molecule has 0 amide bonds. The lowest BCUT2D eigenvalue weighted by molar-refractivity contribution is 0.555. The summed E-state index contributed by atoms with van der Waals surface area (Å²) in [5.41, 5.74) is 1.03. The van der Waals surface area contributed by atoms with Crippen molar-refractivity contribution in [3.05, 3.63) is 18.0 Å². The fraction of sp³-hybridized carbons (Fsp3) is 0.750. The van der Waals surface area contributed by atoms with Gasteiger partial charge in [0.2, 0.25) is 0 Å². The van der Waals surface area contributed by atoms with Crippen molar-refractivity contribution >= 4 is 9.84 Å². The lowest BCUT2D eigenvalue weighted by Crippen LogP contribution is -2.23. The van der Waals surface area contributed by atoms with E-state index in [0.29, 0.717) is 6.54 Å². The molecule has 0 aromatic carbocycles. The maximum Gasteiger partial charge on any atom is 0.154 e. The van der Waals surface area contributed by atoms with Gasteiger partial charge < -0.3 is 5.32 Å². The number of nitrogens with one attached hydrogen (secondary N) is 1. The number of sulfone groups is 1. The number of rotatable bonds is 8. The van der Waals surface area contributed by atoms with E-state index in [9.17, 15) is 8.42 Å². The molecule has 0 saturated carbocycles. The van der Waals surface area contributed by atoms with Crippen LogP contribution in [0.15, 0.2) is 12.3 Å². The zero-order chi connectivity index (χ0) is 13.6. The minimum absolute atomic E-state index is 0.146. The van der Waals surface area contributed by atoms with Crippen LogP contribution >= 0.6 is 0 Å². The molecule has 0 spiro atoms. The van der Waals surface area contributed by atoms with E-state index in [0.717, 1.165) is 25.2 Å². The molecule has 0 atom stereocenters. The van der Waals surface area contributed by atoms with Gasteiger partial charge in [-0.1, -0.05) is 6.92 Å². The summed E-state index contributed by atoms with van der Waals surface area (Å²) in [6.07, 6.45) is 2.79. The van der Waals surface area contributed by atoms with Gasteiger partial charge in [-0.15, -0.1) is 0 Å². The molecule has 18 heavy (non-hydrogen) atoms. The van der Waals surface area contributed by atoms with E-state index in [2.05, 4.69) is 17.3 Å². The van der Waals surface area contributed by atoms with E-state index < -0.39 is 9.84 Å². The maximum absolute atomic E-state index is 11.7. The van der Waals surface area contributed by atoms with E-state index in [1.54, 1.807) is 24.7 Å². The molecule has 1 N–H and O–H groups in total. The molecule has 0 radical (unpaired) electrons. The molecule has 0 aliphatic carbocycles. The van der Waals surface area contributed by atoms with Gasteiger partial charge in [0.15, 0.2) is 9.84 Å². The van der Waals surface area contributed by atoms with E-state index in [-0.39, 0.29) is 11.0 Å². The Balaban J connectivity index is 2.55. The van der Waals surface area contributed by atoms with Crippen molar-refractivity contribution in [3.8, 4) is 0 Å². The number of aryl methyl sites for hydroxylation is 1. The Morgan fingerprint density at radius 3 is 2.78 bits per heavy atom. The molecule has 0 fully saturated rings. The quantitative estimate of drug-likeness (QED) is 0.723. The van der Waals surface area contributed by atoms with Crippen LogP contribution in [0.3, 0.4) is 0 Å². The zero-order valence-corrected chi connectivity index (χ0v) is 12.2. The topological polar surface area (TPSA) is 64.0 Å². The summed E-state index contributed by atoms with van der Waals surface area (Å²) in [6.45, 7) is 7.64. The Kier molecular flexibility index (Phi) is 5.81. The zero-order valence-electron chi connectivity index (χ0n) is 11.4. The van der Waals surface area contributed by atoms with Crippen LogP contribution in [-0.4, -0.2) is 35.7 Å². The summed E-state index contributed by atoms with van der Waals surface area (Å²) < 4.78 is 25.2. The first-order valence-corrected chi connectivity index (χ1v) is 8.12. The van der Waals surface area contributed by atoms with Gasteiger partial charge in [-0.2, -0.15) is 5.10 Å². The van der Waals surface area contributed by atoms with Crippen LogP contribution < -0.4 is 5.32 Å². The van der Waals surface area contributed by atoms with Crippen LogP contribution in [0.1, 0.15) is 32.9 Å². The van der Waals surface area contributed by atoms with Crippen molar-refractivity contribution in [2.24, 2.45) is 0 Å². The normalized spacial score (nSPS) is 12.2. The Bertz CT molecular complexity index is 452. The van der Waals surface area contributed by atoms with Crippen molar-refractivity contribution in [2.45, 2.75) is 45.5 Å². The lowest BCUT2D eigenvalue weighted by Gasteiger charge is -2.10.